The second kappa shape index (κ2) is 11.0. The summed E-state index contributed by atoms with van der Waals surface area (Å²) in [5.74, 6) is -3.05. The Morgan fingerprint density at radius 3 is 2.32 bits per heavy atom. The molecule has 1 aliphatic heterocycles. The van der Waals surface area contributed by atoms with Gasteiger partial charge in [-0.15, -0.1) is 6.58 Å². The van der Waals surface area contributed by atoms with Crippen molar-refractivity contribution in [1.82, 2.24) is 5.06 Å². The van der Waals surface area contributed by atoms with Gasteiger partial charge >= 0.3 is 5.97 Å². The van der Waals surface area contributed by atoms with Crippen molar-refractivity contribution in [2.75, 3.05) is 14.2 Å². The highest BCUT2D eigenvalue weighted by Gasteiger charge is 2.59. The fourth-order valence-electron chi connectivity index (χ4n) is 4.90. The average Bonchev–Trinajstić information content (AvgIpc) is 2.84. The summed E-state index contributed by atoms with van der Waals surface area (Å²) in [6.45, 7) is 15.8. The van der Waals surface area contributed by atoms with Crippen molar-refractivity contribution in [3.05, 3.63) is 35.9 Å². The van der Waals surface area contributed by atoms with E-state index >= 15 is 0 Å². The maximum absolute atomic E-state index is 13.8. The van der Waals surface area contributed by atoms with Gasteiger partial charge in [0.25, 0.3) is 5.91 Å². The van der Waals surface area contributed by atoms with Crippen molar-refractivity contribution in [2.45, 2.75) is 77.2 Å². The van der Waals surface area contributed by atoms with Gasteiger partial charge in [0.2, 0.25) is 5.78 Å². The highest BCUT2D eigenvalue weighted by molar-refractivity contribution is 6.74. The van der Waals surface area contributed by atoms with Gasteiger partial charge in [-0.3, -0.25) is 14.4 Å². The molecule has 0 unspecified atom stereocenters. The molecule has 1 aromatic rings. The lowest BCUT2D eigenvalue weighted by molar-refractivity contribution is -0.248. The lowest BCUT2D eigenvalue weighted by atomic mass is 9.70. The Balaban J connectivity index is 1.97. The molecular formula is C28H39NO8Si. The van der Waals surface area contributed by atoms with Crippen molar-refractivity contribution < 1.29 is 37.9 Å². The van der Waals surface area contributed by atoms with Crippen LogP contribution < -0.4 is 9.47 Å². The average molecular weight is 546 g/mol. The molecule has 1 heterocycles. The van der Waals surface area contributed by atoms with Crippen LogP contribution in [-0.2, 0) is 30.1 Å². The van der Waals surface area contributed by atoms with E-state index in [-0.39, 0.29) is 17.2 Å². The van der Waals surface area contributed by atoms with Gasteiger partial charge in [0.15, 0.2) is 25.6 Å². The SMILES string of the molecule is C=CCC(=O)C(=O)ON1C(=O)[C@H]([C@@H](C)O[Si](C)(C)C(C)(C)C)[C@H]1[C@H]1CCc2cc(OC)c(OC)cc2C1=O. The van der Waals surface area contributed by atoms with E-state index in [2.05, 4.69) is 40.4 Å². The highest BCUT2D eigenvalue weighted by atomic mass is 28.4. The Labute approximate surface area is 225 Å². The Morgan fingerprint density at radius 1 is 1.16 bits per heavy atom. The smallest absolute Gasteiger partial charge is 0.399 e. The molecule has 38 heavy (non-hydrogen) atoms. The fourth-order valence-corrected chi connectivity index (χ4v) is 6.33. The fraction of sp³-hybridized carbons (Fsp3) is 0.571. The van der Waals surface area contributed by atoms with Crippen LogP contribution in [0.15, 0.2) is 24.8 Å². The van der Waals surface area contributed by atoms with Crippen molar-refractivity contribution >= 4 is 31.8 Å². The molecule has 1 aromatic carbocycles. The van der Waals surface area contributed by atoms with Crippen molar-refractivity contribution in [2.24, 2.45) is 11.8 Å². The number of aryl methyl sites for hydroxylation is 1. The van der Waals surface area contributed by atoms with E-state index in [1.165, 1.54) is 20.3 Å². The highest BCUT2D eigenvalue weighted by Crippen LogP contribution is 2.45. The number of allylic oxidation sites excluding steroid dienone is 1. The first kappa shape index (κ1) is 29.6. The molecule has 0 saturated carbocycles. The molecule has 0 bridgehead atoms. The van der Waals surface area contributed by atoms with Gasteiger partial charge in [-0.05, 0) is 55.6 Å². The monoisotopic (exact) mass is 545 g/mol. The second-order valence-corrected chi connectivity index (χ2v) is 16.2. The molecular weight excluding hydrogens is 506 g/mol. The minimum atomic E-state index is -2.26. The zero-order valence-corrected chi connectivity index (χ0v) is 24.6. The van der Waals surface area contributed by atoms with E-state index in [9.17, 15) is 19.2 Å². The van der Waals surface area contributed by atoms with E-state index in [0.717, 1.165) is 10.6 Å². The quantitative estimate of drug-likeness (QED) is 0.185. The largest absolute Gasteiger partial charge is 0.493 e. The minimum absolute atomic E-state index is 0.0952. The zero-order valence-electron chi connectivity index (χ0n) is 23.6. The molecule has 1 amide bonds. The molecule has 1 aliphatic carbocycles. The Kier molecular flexibility index (Phi) is 8.57. The number of hydrogen-bond donors (Lipinski definition) is 0. The molecule has 4 atom stereocenters. The van der Waals surface area contributed by atoms with Crippen molar-refractivity contribution in [1.29, 1.82) is 0 Å². The number of rotatable bonds is 10. The van der Waals surface area contributed by atoms with Gasteiger partial charge in [0.05, 0.1) is 32.3 Å². The van der Waals surface area contributed by atoms with Gasteiger partial charge in [-0.25, -0.2) is 4.79 Å². The summed E-state index contributed by atoms with van der Waals surface area (Å²) in [6.07, 6.45) is 1.54. The molecule has 1 fully saturated rings. The third-order valence-electron chi connectivity index (χ3n) is 8.02. The van der Waals surface area contributed by atoms with Crippen molar-refractivity contribution in [3.63, 3.8) is 0 Å². The summed E-state index contributed by atoms with van der Waals surface area (Å²) in [6, 6.07) is 2.68. The molecule has 0 aromatic heterocycles. The maximum Gasteiger partial charge on any atom is 0.399 e. The summed E-state index contributed by atoms with van der Waals surface area (Å²) in [5.41, 5.74) is 1.30. The first-order valence-corrected chi connectivity index (χ1v) is 15.7. The van der Waals surface area contributed by atoms with Gasteiger partial charge in [0.1, 0.15) is 0 Å². The molecule has 0 radical (unpaired) electrons. The maximum atomic E-state index is 13.8. The molecule has 208 valence electrons. The van der Waals surface area contributed by atoms with Crippen LogP contribution in [0.3, 0.4) is 0 Å². The van der Waals surface area contributed by atoms with Crippen LogP contribution >= 0.6 is 0 Å². The second-order valence-electron chi connectivity index (χ2n) is 11.4. The van der Waals surface area contributed by atoms with Gasteiger partial charge < -0.3 is 18.7 Å². The number of amides is 1. The number of carbonyl (C=O) groups excluding carboxylic acids is 4. The number of hydroxylamine groups is 2. The van der Waals surface area contributed by atoms with E-state index < -0.39 is 50.0 Å². The standard InChI is InChI=1S/C28H39NO8Si/c1-10-11-20(30)27(33)36-29-24(23(26(29)32)16(2)37-38(8,9)28(3,4)5)18-13-12-17-14-21(34-6)22(35-7)15-19(17)25(18)31/h10,14-16,18,23-24H,1,11-13H2,2-9H3/t16-,18-,23-,24-/m1/s1. The summed E-state index contributed by atoms with van der Waals surface area (Å²) in [7, 11) is 0.770. The number of methoxy groups -OCH3 is 2. The van der Waals surface area contributed by atoms with E-state index in [4.69, 9.17) is 18.7 Å². The molecule has 2 aliphatic rings. The Morgan fingerprint density at radius 2 is 1.76 bits per heavy atom. The van der Waals surface area contributed by atoms with Crippen LogP contribution in [0.2, 0.25) is 18.1 Å². The van der Waals surface area contributed by atoms with Crippen LogP contribution in [0.1, 0.15) is 56.5 Å². The third kappa shape index (κ3) is 5.42. The number of hydrogen-bond acceptors (Lipinski definition) is 8. The number of ether oxygens (including phenoxy) is 2. The Hall–Kier alpha value is -2.98. The number of carbonyl (C=O) groups is 4. The van der Waals surface area contributed by atoms with Gasteiger partial charge in [-0.1, -0.05) is 26.8 Å². The molecule has 9 nitrogen and oxygen atoms in total. The van der Waals surface area contributed by atoms with E-state index in [1.54, 1.807) is 12.1 Å². The topological polar surface area (TPSA) is 108 Å². The molecule has 3 rings (SSSR count). The van der Waals surface area contributed by atoms with Crippen LogP contribution in [0.5, 0.6) is 11.5 Å². The summed E-state index contributed by atoms with van der Waals surface area (Å²) < 4.78 is 17.3. The molecule has 10 heteroatoms. The van der Waals surface area contributed by atoms with Crippen LogP contribution in [0.4, 0.5) is 0 Å². The van der Waals surface area contributed by atoms with E-state index in [0.29, 0.717) is 29.9 Å². The lowest BCUT2D eigenvalue weighted by Crippen LogP contribution is -2.69. The zero-order chi connectivity index (χ0) is 28.6. The summed E-state index contributed by atoms with van der Waals surface area (Å²) in [4.78, 5) is 57.0. The predicted octanol–water partition coefficient (Wildman–Crippen LogP) is 4.29. The summed E-state index contributed by atoms with van der Waals surface area (Å²) in [5, 5.41) is 0.815. The van der Waals surface area contributed by atoms with Crippen molar-refractivity contribution in [3.8, 4) is 11.5 Å². The number of benzene rings is 1. The summed E-state index contributed by atoms with van der Waals surface area (Å²) >= 11 is 0. The van der Waals surface area contributed by atoms with Gasteiger partial charge in [-0.2, -0.15) is 5.06 Å². The number of ketones is 2. The van der Waals surface area contributed by atoms with Crippen LogP contribution in [-0.4, -0.2) is 63.2 Å². The normalized spacial score (nSPS) is 22.2. The van der Waals surface area contributed by atoms with Crippen LogP contribution in [0, 0.1) is 11.8 Å². The van der Waals surface area contributed by atoms with E-state index in [1.807, 2.05) is 6.92 Å². The number of fused-ring (bicyclic) bond motifs is 1. The number of β-lactam (4-membered cyclic amide) rings is 1. The van der Waals surface area contributed by atoms with Crippen LogP contribution in [0.25, 0.3) is 0 Å². The molecule has 0 spiro atoms. The minimum Gasteiger partial charge on any atom is -0.493 e. The van der Waals surface area contributed by atoms with Gasteiger partial charge in [0, 0.05) is 17.9 Å². The third-order valence-corrected chi connectivity index (χ3v) is 12.6. The lowest BCUT2D eigenvalue weighted by Gasteiger charge is -2.52. The predicted molar refractivity (Wildman–Crippen MR) is 143 cm³/mol. The molecule has 1 saturated heterocycles. The number of nitrogens with zero attached hydrogens (tertiary/aromatic N) is 1. The first-order valence-electron chi connectivity index (χ1n) is 12.8. The Bertz CT molecular complexity index is 1140. The number of Topliss-reactive ketones (excluding diaryl/α,β-unsaturated/α-hetero) is 2. The first-order chi connectivity index (χ1) is 17.7. The molecule has 0 N–H and O–H groups in total.